The van der Waals surface area contributed by atoms with Crippen LogP contribution >= 0.6 is 0 Å². The number of likely N-dealkylation sites (tertiary alicyclic amines) is 1. The van der Waals surface area contributed by atoms with Crippen LogP contribution in [0.2, 0.25) is 0 Å². The number of piperidine rings is 1. The molecule has 192 valence electrons. The number of ether oxygens (including phenoxy) is 2. The van der Waals surface area contributed by atoms with Crippen LogP contribution in [-0.2, 0) is 4.74 Å². The van der Waals surface area contributed by atoms with Crippen LogP contribution in [0.5, 0.6) is 5.75 Å². The van der Waals surface area contributed by atoms with Gasteiger partial charge in [0.1, 0.15) is 35.7 Å². The number of carbonyl (C=O) groups excluding carboxylic acids is 1. The van der Waals surface area contributed by atoms with Crippen molar-refractivity contribution < 1.29 is 23.0 Å². The van der Waals surface area contributed by atoms with E-state index in [9.17, 15) is 13.6 Å². The molecule has 2 fully saturated rings. The number of nitrogens with zero attached hydrogens (tertiary/aromatic N) is 2. The van der Waals surface area contributed by atoms with Crippen LogP contribution in [-0.4, -0.2) is 41.8 Å². The van der Waals surface area contributed by atoms with E-state index in [1.165, 1.54) is 24.3 Å². The zero-order valence-corrected chi connectivity index (χ0v) is 20.9. The summed E-state index contributed by atoms with van der Waals surface area (Å²) in [5.41, 5.74) is 6.17. The van der Waals surface area contributed by atoms with Crippen molar-refractivity contribution in [2.75, 3.05) is 6.54 Å². The Morgan fingerprint density at radius 2 is 1.83 bits per heavy atom. The second-order valence-corrected chi connectivity index (χ2v) is 10.9. The Bertz CT molecular complexity index is 1130. The number of nitrogens with two attached hydrogens (primary N) is 1. The number of rotatable bonds is 5. The molecule has 1 aliphatic heterocycles. The van der Waals surface area contributed by atoms with Crippen molar-refractivity contribution >= 4 is 6.09 Å². The molecular weight excluding hydrogens is 464 g/mol. The Balaban J connectivity index is 1.67. The molecule has 5 atom stereocenters. The largest absolute Gasteiger partial charge is 0.489 e. The quantitative estimate of drug-likeness (QED) is 0.589. The Kier molecular flexibility index (Phi) is 7.51. The molecule has 0 aromatic heterocycles. The van der Waals surface area contributed by atoms with Gasteiger partial charge in [-0.3, -0.25) is 4.90 Å². The summed E-state index contributed by atoms with van der Waals surface area (Å²) in [7, 11) is 0. The molecule has 4 unspecified atom stereocenters. The Hall–Kier alpha value is -3.18. The van der Waals surface area contributed by atoms with E-state index >= 15 is 0 Å². The molecule has 36 heavy (non-hydrogen) atoms. The first-order chi connectivity index (χ1) is 17.1. The lowest BCUT2D eigenvalue weighted by Crippen LogP contribution is -2.61. The Labute approximate surface area is 211 Å². The normalized spacial score (nSPS) is 26.8. The third-order valence-corrected chi connectivity index (χ3v) is 7.36. The minimum atomic E-state index is -0.785. The molecule has 4 rings (SSSR count). The molecule has 0 bridgehead atoms. The van der Waals surface area contributed by atoms with E-state index in [2.05, 4.69) is 25.7 Å². The van der Waals surface area contributed by atoms with E-state index in [-0.39, 0.29) is 47.0 Å². The lowest BCUT2D eigenvalue weighted by molar-refractivity contribution is -0.0776. The number of nitriles is 1. The lowest BCUT2D eigenvalue weighted by Gasteiger charge is -2.50. The van der Waals surface area contributed by atoms with Gasteiger partial charge < -0.3 is 15.2 Å². The second kappa shape index (κ2) is 10.4. The molecule has 2 aromatic rings. The number of halogens is 2. The van der Waals surface area contributed by atoms with Crippen LogP contribution in [0.25, 0.3) is 0 Å². The Morgan fingerprint density at radius 1 is 1.11 bits per heavy atom. The number of hydrogen-bond acceptors (Lipinski definition) is 5. The third kappa shape index (κ3) is 5.62. The first-order valence-electron chi connectivity index (χ1n) is 12.4. The highest BCUT2D eigenvalue weighted by Crippen LogP contribution is 2.44. The van der Waals surface area contributed by atoms with Crippen LogP contribution < -0.4 is 10.5 Å². The molecule has 1 heterocycles. The second-order valence-electron chi connectivity index (χ2n) is 10.9. The van der Waals surface area contributed by atoms with Gasteiger partial charge in [-0.25, -0.2) is 13.6 Å². The predicted octanol–water partition coefficient (Wildman–Crippen LogP) is 5.50. The zero-order valence-electron chi connectivity index (χ0n) is 20.9. The molecule has 1 saturated carbocycles. The van der Waals surface area contributed by atoms with Crippen LogP contribution in [0.1, 0.15) is 63.5 Å². The summed E-state index contributed by atoms with van der Waals surface area (Å²) in [5, 5.41) is 9.07. The van der Waals surface area contributed by atoms with Crippen LogP contribution in [0.3, 0.4) is 0 Å². The monoisotopic (exact) mass is 497 g/mol. The third-order valence-electron chi connectivity index (χ3n) is 7.36. The van der Waals surface area contributed by atoms with Gasteiger partial charge >= 0.3 is 6.09 Å². The fourth-order valence-corrected chi connectivity index (χ4v) is 5.98. The molecule has 0 spiro atoms. The summed E-state index contributed by atoms with van der Waals surface area (Å²) in [4.78, 5) is 14.1. The highest BCUT2D eigenvalue weighted by Gasteiger charge is 2.49. The maximum Gasteiger partial charge on any atom is 0.404 e. The van der Waals surface area contributed by atoms with E-state index < -0.39 is 11.9 Å². The summed E-state index contributed by atoms with van der Waals surface area (Å²) in [6.07, 6.45) is 1.55. The van der Waals surface area contributed by atoms with Crippen molar-refractivity contribution in [3.05, 3.63) is 65.2 Å². The summed E-state index contributed by atoms with van der Waals surface area (Å²) in [5.74, 6) is -0.443. The fourth-order valence-electron chi connectivity index (χ4n) is 5.98. The highest BCUT2D eigenvalue weighted by molar-refractivity contribution is 5.64. The summed E-state index contributed by atoms with van der Waals surface area (Å²) in [6.45, 7) is 7.14. The number of hydrogen-bond donors (Lipinski definition) is 1. The summed E-state index contributed by atoms with van der Waals surface area (Å²) < 4.78 is 39.9. The van der Waals surface area contributed by atoms with Gasteiger partial charge in [0.2, 0.25) is 0 Å². The van der Waals surface area contributed by atoms with Crippen molar-refractivity contribution in [1.29, 1.82) is 5.26 Å². The van der Waals surface area contributed by atoms with Crippen molar-refractivity contribution in [1.82, 2.24) is 4.90 Å². The number of carbonyl (C=O) groups is 1. The van der Waals surface area contributed by atoms with Crippen LogP contribution in [0.15, 0.2) is 42.5 Å². The van der Waals surface area contributed by atoms with Gasteiger partial charge in [0, 0.05) is 12.1 Å². The molecule has 2 aromatic carbocycles. The van der Waals surface area contributed by atoms with E-state index in [0.717, 1.165) is 31.4 Å². The fraction of sp³-hybridized carbons (Fsp3) is 0.500. The van der Waals surface area contributed by atoms with Gasteiger partial charge in [0.05, 0.1) is 11.6 Å². The summed E-state index contributed by atoms with van der Waals surface area (Å²) >= 11 is 0. The van der Waals surface area contributed by atoms with Gasteiger partial charge in [0.25, 0.3) is 0 Å². The molecule has 1 saturated heterocycles. The standard InChI is InChI=1S/C28H33F2N3O3/c1-28(2,3)26-24(36-27(32)34)5-4-12-33(26)23-13-19(17-6-9-20(29)10-7-17)14-25(23)35-21-11-8-18(16-31)22(30)15-21/h6-11,15,19,23-26H,4-5,12-14H2,1-3H3,(H2,32,34)/t19?,23?,24-,25?,26?/m1/s1. The molecule has 6 nitrogen and oxygen atoms in total. The molecular formula is C28H33F2N3O3. The maximum atomic E-state index is 14.3. The maximum absolute atomic E-state index is 14.3. The van der Waals surface area contributed by atoms with Crippen LogP contribution in [0.4, 0.5) is 13.6 Å². The number of primary amides is 1. The minimum absolute atomic E-state index is 0.0372. The van der Waals surface area contributed by atoms with Crippen molar-refractivity contribution in [2.45, 2.75) is 76.7 Å². The predicted molar refractivity (Wildman–Crippen MR) is 131 cm³/mol. The molecule has 0 radical (unpaired) electrons. The Morgan fingerprint density at radius 3 is 2.44 bits per heavy atom. The first kappa shape index (κ1) is 25.9. The van der Waals surface area contributed by atoms with Gasteiger partial charge in [-0.15, -0.1) is 0 Å². The average Bonchev–Trinajstić information content (AvgIpc) is 3.22. The highest BCUT2D eigenvalue weighted by atomic mass is 19.1. The van der Waals surface area contributed by atoms with E-state index in [4.69, 9.17) is 20.5 Å². The van der Waals surface area contributed by atoms with E-state index in [1.807, 2.05) is 6.07 Å². The summed E-state index contributed by atoms with van der Waals surface area (Å²) in [6, 6.07) is 12.5. The van der Waals surface area contributed by atoms with Gasteiger partial charge in [-0.05, 0) is 73.4 Å². The SMILES string of the molecule is CC(C)(C)C1[C@H](OC(N)=O)CCCN1C1CC(c2ccc(F)cc2)CC1Oc1ccc(C#N)c(F)c1. The zero-order chi connectivity index (χ0) is 26.0. The van der Waals surface area contributed by atoms with Crippen molar-refractivity contribution in [3.8, 4) is 11.8 Å². The van der Waals surface area contributed by atoms with Gasteiger partial charge in [-0.1, -0.05) is 32.9 Å². The average molecular weight is 498 g/mol. The van der Waals surface area contributed by atoms with E-state index in [1.54, 1.807) is 18.2 Å². The minimum Gasteiger partial charge on any atom is -0.489 e. The van der Waals surface area contributed by atoms with Gasteiger partial charge in [0.15, 0.2) is 0 Å². The topological polar surface area (TPSA) is 88.6 Å². The molecule has 2 aliphatic rings. The number of benzene rings is 2. The smallest absolute Gasteiger partial charge is 0.404 e. The van der Waals surface area contributed by atoms with Crippen LogP contribution in [0, 0.1) is 28.4 Å². The molecule has 1 aliphatic carbocycles. The first-order valence-corrected chi connectivity index (χ1v) is 12.4. The molecule has 8 heteroatoms. The molecule has 1 amide bonds. The van der Waals surface area contributed by atoms with Crippen molar-refractivity contribution in [2.24, 2.45) is 11.1 Å². The molecule has 2 N–H and O–H groups in total. The van der Waals surface area contributed by atoms with E-state index in [0.29, 0.717) is 12.2 Å². The van der Waals surface area contributed by atoms with Crippen molar-refractivity contribution in [3.63, 3.8) is 0 Å². The lowest BCUT2D eigenvalue weighted by atomic mass is 9.77. The van der Waals surface area contributed by atoms with Gasteiger partial charge in [-0.2, -0.15) is 5.26 Å². The number of amides is 1.